The van der Waals surface area contributed by atoms with Crippen molar-refractivity contribution in [2.45, 2.75) is 12.4 Å². The topological polar surface area (TPSA) is 36.1 Å². The Kier molecular flexibility index (Phi) is 6.28. The van der Waals surface area contributed by atoms with E-state index in [0.29, 0.717) is 0 Å². The van der Waals surface area contributed by atoms with Crippen molar-refractivity contribution in [3.05, 3.63) is 181 Å². The third-order valence-corrected chi connectivity index (χ3v) is 14.1. The van der Waals surface area contributed by atoms with Crippen molar-refractivity contribution in [1.29, 1.82) is 0 Å². The third-order valence-electron chi connectivity index (χ3n) is 6.85. The second kappa shape index (κ2) is 9.88. The van der Waals surface area contributed by atoms with Crippen molar-refractivity contribution in [2.24, 2.45) is 0 Å². The molecule has 37 heavy (non-hydrogen) atoms. The molecule has 3 nitrogen and oxygen atoms in total. The Morgan fingerprint density at radius 3 is 0.919 bits per heavy atom. The van der Waals surface area contributed by atoms with E-state index in [2.05, 4.69) is 180 Å². The number of allylic oxidation sites excluding steroid dienone is 6. The number of hydrogen-bond donors (Lipinski definition) is 3. The van der Waals surface area contributed by atoms with Gasteiger partial charge in [-0.15, -0.1) is 0 Å². The molecular weight excluding hydrogens is 539 g/mol. The van der Waals surface area contributed by atoms with E-state index in [4.69, 9.17) is 0 Å². The van der Waals surface area contributed by atoms with Gasteiger partial charge in [0, 0.05) is 0 Å². The Morgan fingerprint density at radius 2 is 0.676 bits per heavy atom. The van der Waals surface area contributed by atoms with Gasteiger partial charge in [0.25, 0.3) is 0 Å². The molecule has 3 aliphatic rings. The minimum atomic E-state index is -2.38. The van der Waals surface area contributed by atoms with E-state index in [1.165, 1.54) is 16.7 Å². The summed E-state index contributed by atoms with van der Waals surface area (Å²) in [6.07, 6.45) is 26.4. The van der Waals surface area contributed by atoms with E-state index < -0.39 is 28.4 Å². The first kappa shape index (κ1) is 23.5. The van der Waals surface area contributed by atoms with Crippen molar-refractivity contribution < 1.29 is 16.0 Å². The Balaban J connectivity index is 1.73. The molecule has 3 aromatic rings. The van der Waals surface area contributed by atoms with Crippen LogP contribution in [-0.2, 0) is 28.4 Å². The summed E-state index contributed by atoms with van der Waals surface area (Å²) in [5, 5.41) is 11.8. The van der Waals surface area contributed by atoms with E-state index >= 15 is 0 Å². The van der Waals surface area contributed by atoms with E-state index in [-0.39, 0.29) is 0 Å². The van der Waals surface area contributed by atoms with Gasteiger partial charge in [-0.05, 0) is 0 Å². The molecule has 4 heteroatoms. The summed E-state index contributed by atoms with van der Waals surface area (Å²) in [4.78, 5) is 0. The second-order valence-electron chi connectivity index (χ2n) is 9.03. The van der Waals surface area contributed by atoms with E-state index in [1.54, 1.807) is 0 Å². The van der Waals surface area contributed by atoms with Crippen molar-refractivity contribution in [2.75, 3.05) is 0 Å². The van der Waals surface area contributed by atoms with Crippen LogP contribution in [0, 0.1) is 0 Å². The summed E-state index contributed by atoms with van der Waals surface area (Å²) in [6.45, 7) is 0. The summed E-state index contributed by atoms with van der Waals surface area (Å²) in [6, 6.07) is 32.8. The van der Waals surface area contributed by atoms with Gasteiger partial charge in [0.05, 0.1) is 0 Å². The molecule has 6 rings (SSSR count). The molecule has 3 atom stereocenters. The normalized spacial score (nSPS) is 27.7. The summed E-state index contributed by atoms with van der Waals surface area (Å²) in [5.41, 5.74) is 3.78. The summed E-state index contributed by atoms with van der Waals surface area (Å²) in [5.74, 6) is 0. The number of nitrogens with one attached hydrogen (secondary N) is 3. The molecular formula is C33H30N3Ru. The molecule has 0 radical (unpaired) electrons. The van der Waals surface area contributed by atoms with Crippen LogP contribution < -0.4 is 16.0 Å². The SMILES string of the molecule is C1=CN[C](c2ccccc2)([Ru]([C]2(c3ccccc3)C=CC=CN2)[C]2(c3ccccc3)C=CC=CN2)C=C1. The minimum absolute atomic E-state index is 0.433. The first-order valence-corrected chi connectivity index (χ1v) is 15.1. The van der Waals surface area contributed by atoms with E-state index in [1.807, 2.05) is 0 Å². The van der Waals surface area contributed by atoms with Gasteiger partial charge in [-0.1, -0.05) is 0 Å². The Bertz CT molecular complexity index is 1230. The number of hydrogen-bond acceptors (Lipinski definition) is 3. The van der Waals surface area contributed by atoms with Crippen LogP contribution in [-0.4, -0.2) is 0 Å². The molecule has 3 aliphatic heterocycles. The average Bonchev–Trinajstić information content (AvgIpc) is 3.00. The summed E-state index contributed by atoms with van der Waals surface area (Å²) in [7, 11) is 0. The van der Waals surface area contributed by atoms with Gasteiger partial charge < -0.3 is 0 Å². The first-order valence-electron chi connectivity index (χ1n) is 12.5. The van der Waals surface area contributed by atoms with Crippen molar-refractivity contribution >= 4 is 0 Å². The predicted octanol–water partition coefficient (Wildman–Crippen LogP) is 6.18. The molecule has 0 saturated carbocycles. The van der Waals surface area contributed by atoms with Gasteiger partial charge in [-0.3, -0.25) is 0 Å². The zero-order chi connectivity index (χ0) is 25.0. The molecule has 3 aromatic carbocycles. The van der Waals surface area contributed by atoms with Crippen LogP contribution in [0.4, 0.5) is 0 Å². The van der Waals surface area contributed by atoms with Crippen LogP contribution in [0.3, 0.4) is 0 Å². The maximum atomic E-state index is 3.93. The van der Waals surface area contributed by atoms with Crippen LogP contribution in [0.1, 0.15) is 16.7 Å². The zero-order valence-electron chi connectivity index (χ0n) is 20.4. The molecule has 0 spiro atoms. The zero-order valence-corrected chi connectivity index (χ0v) is 22.2. The van der Waals surface area contributed by atoms with Crippen LogP contribution in [0.25, 0.3) is 0 Å². The van der Waals surface area contributed by atoms with Crippen molar-refractivity contribution in [3.8, 4) is 0 Å². The fourth-order valence-electron chi connectivity index (χ4n) is 5.23. The van der Waals surface area contributed by atoms with Crippen LogP contribution in [0.2, 0.25) is 0 Å². The Morgan fingerprint density at radius 1 is 0.378 bits per heavy atom. The Labute approximate surface area is 224 Å². The third kappa shape index (κ3) is 3.93. The fraction of sp³-hybridized carbons (Fsp3) is 0.0909. The summed E-state index contributed by atoms with van der Waals surface area (Å²) < 4.78 is -1.30. The van der Waals surface area contributed by atoms with Gasteiger partial charge in [0.1, 0.15) is 0 Å². The second-order valence-corrected chi connectivity index (χ2v) is 14.4. The first-order chi connectivity index (χ1) is 18.3. The molecule has 0 aromatic heterocycles. The maximum absolute atomic E-state index is 3.93. The van der Waals surface area contributed by atoms with Gasteiger partial charge in [0.15, 0.2) is 0 Å². The van der Waals surface area contributed by atoms with Gasteiger partial charge in [0.2, 0.25) is 0 Å². The van der Waals surface area contributed by atoms with Crippen molar-refractivity contribution in [1.82, 2.24) is 16.0 Å². The van der Waals surface area contributed by atoms with Gasteiger partial charge in [-0.2, -0.15) is 0 Å². The predicted molar refractivity (Wildman–Crippen MR) is 149 cm³/mol. The van der Waals surface area contributed by atoms with E-state index in [0.717, 1.165) is 0 Å². The van der Waals surface area contributed by atoms with Crippen LogP contribution in [0.5, 0.6) is 0 Å². The fourth-order valence-corrected chi connectivity index (χ4v) is 13.4. The molecule has 3 unspecified atom stereocenters. The number of dihydropyridines is 3. The van der Waals surface area contributed by atoms with Gasteiger partial charge in [-0.25, -0.2) is 0 Å². The molecule has 0 aliphatic carbocycles. The molecule has 0 saturated heterocycles. The Hall–Kier alpha value is -3.88. The van der Waals surface area contributed by atoms with Crippen molar-refractivity contribution in [3.63, 3.8) is 0 Å². The molecule has 0 fully saturated rings. The van der Waals surface area contributed by atoms with Crippen LogP contribution in [0.15, 0.2) is 164 Å². The van der Waals surface area contributed by atoms with Gasteiger partial charge >= 0.3 is 225 Å². The molecule has 185 valence electrons. The standard InChI is InChI=1S/3C11H10N.Ru/c3*1-2-6-10(7-3-1)11-8-4-5-9-12-11;/h3*1-9,12H;. The monoisotopic (exact) mass is 570 g/mol. The average molecular weight is 570 g/mol. The van der Waals surface area contributed by atoms with Crippen LogP contribution >= 0.6 is 0 Å². The molecule has 0 bridgehead atoms. The molecule has 3 heterocycles. The molecule has 0 amide bonds. The molecule has 3 N–H and O–H groups in total. The van der Waals surface area contributed by atoms with E-state index in [9.17, 15) is 0 Å². The number of rotatable bonds is 6. The quantitative estimate of drug-likeness (QED) is 0.310. The number of benzene rings is 3. The summed E-state index contributed by atoms with van der Waals surface area (Å²) >= 11 is -2.38.